The van der Waals surface area contributed by atoms with E-state index in [9.17, 15) is 4.79 Å². The number of hydrogen-bond acceptors (Lipinski definition) is 3. The molecule has 1 rings (SSSR count). The van der Waals surface area contributed by atoms with Crippen LogP contribution in [0.3, 0.4) is 0 Å². The first-order valence-electron chi connectivity index (χ1n) is 4.70. The average molecular weight is 245 g/mol. The number of hydrogen-bond donors (Lipinski definition) is 4. The van der Waals surface area contributed by atoms with Crippen LogP contribution in [0.4, 0.5) is 4.79 Å². The van der Waals surface area contributed by atoms with E-state index >= 15 is 0 Å². The molecule has 0 radical (unpaired) electrons. The van der Waals surface area contributed by atoms with Gasteiger partial charge in [-0.1, -0.05) is 17.7 Å². The molecule has 88 valence electrons. The van der Waals surface area contributed by atoms with Gasteiger partial charge in [0.25, 0.3) is 0 Å². The molecule has 0 aromatic heterocycles. The van der Waals surface area contributed by atoms with Crippen LogP contribution in [-0.2, 0) is 6.42 Å². The Hall–Kier alpha value is -1.46. The van der Waals surface area contributed by atoms with Crippen molar-refractivity contribution in [3.05, 3.63) is 28.8 Å². The van der Waals surface area contributed by atoms with E-state index in [2.05, 4.69) is 5.32 Å². The molecule has 0 saturated carbocycles. The second-order valence-corrected chi connectivity index (χ2v) is 3.77. The largest absolute Gasteiger partial charge is 0.508 e. The summed E-state index contributed by atoms with van der Waals surface area (Å²) in [7, 11) is 0. The Morgan fingerprint density at radius 1 is 1.56 bits per heavy atom. The molecule has 0 spiro atoms. The van der Waals surface area contributed by atoms with Crippen LogP contribution in [0.1, 0.15) is 5.56 Å². The third-order valence-electron chi connectivity index (χ3n) is 2.12. The van der Waals surface area contributed by atoms with Crippen molar-refractivity contribution in [2.75, 3.05) is 6.54 Å². The summed E-state index contributed by atoms with van der Waals surface area (Å²) < 4.78 is 0. The number of nitrogens with one attached hydrogen (secondary N) is 1. The number of aromatic hydroxyl groups is 1. The summed E-state index contributed by atoms with van der Waals surface area (Å²) in [5.41, 5.74) is 6.17. The third kappa shape index (κ3) is 3.60. The van der Waals surface area contributed by atoms with Gasteiger partial charge in [0.1, 0.15) is 5.75 Å². The lowest BCUT2D eigenvalue weighted by Crippen LogP contribution is -2.40. The predicted octanol–water partition coefficient (Wildman–Crippen LogP) is 1.18. The lowest BCUT2D eigenvalue weighted by molar-refractivity contribution is 0.190. The lowest BCUT2D eigenvalue weighted by atomic mass is 10.1. The van der Waals surface area contributed by atoms with E-state index in [1.54, 1.807) is 6.07 Å². The average Bonchev–Trinajstić information content (AvgIpc) is 2.20. The monoisotopic (exact) mass is 244 g/mol. The minimum absolute atomic E-state index is 0.0734. The number of carbonyl (C=O) groups is 1. The molecule has 1 amide bonds. The third-order valence-corrected chi connectivity index (χ3v) is 2.47. The van der Waals surface area contributed by atoms with Gasteiger partial charge >= 0.3 is 6.09 Å². The molecular formula is C10H13ClN2O3. The van der Waals surface area contributed by atoms with E-state index < -0.39 is 6.09 Å². The molecule has 16 heavy (non-hydrogen) atoms. The molecule has 5 N–H and O–H groups in total. The first-order valence-corrected chi connectivity index (χ1v) is 5.07. The smallest absolute Gasteiger partial charge is 0.404 e. The molecule has 0 aliphatic carbocycles. The fraction of sp³-hybridized carbons (Fsp3) is 0.300. The zero-order chi connectivity index (χ0) is 12.1. The number of halogens is 1. The van der Waals surface area contributed by atoms with Crippen LogP contribution in [-0.4, -0.2) is 28.9 Å². The topological polar surface area (TPSA) is 95.6 Å². The first-order chi connectivity index (χ1) is 7.52. The van der Waals surface area contributed by atoms with Gasteiger partial charge in [0.15, 0.2) is 0 Å². The highest BCUT2D eigenvalue weighted by molar-refractivity contribution is 6.31. The van der Waals surface area contributed by atoms with E-state index in [1.807, 2.05) is 0 Å². The van der Waals surface area contributed by atoms with Crippen LogP contribution in [0, 0.1) is 0 Å². The molecule has 0 aliphatic rings. The van der Waals surface area contributed by atoms with Crippen LogP contribution in [0.2, 0.25) is 5.02 Å². The number of phenolic OH excluding ortho intramolecular Hbond substituents is 1. The van der Waals surface area contributed by atoms with Crippen molar-refractivity contribution in [2.24, 2.45) is 5.73 Å². The molecule has 1 atom stereocenters. The van der Waals surface area contributed by atoms with E-state index in [4.69, 9.17) is 27.5 Å². The van der Waals surface area contributed by atoms with E-state index in [-0.39, 0.29) is 18.3 Å². The second-order valence-electron chi connectivity index (χ2n) is 3.36. The number of amides is 1. The molecule has 0 aliphatic heterocycles. The molecule has 0 bridgehead atoms. The molecule has 1 aromatic rings. The minimum atomic E-state index is -1.12. The van der Waals surface area contributed by atoms with Gasteiger partial charge in [0.2, 0.25) is 0 Å². The molecule has 0 saturated heterocycles. The molecule has 5 nitrogen and oxygen atoms in total. The van der Waals surface area contributed by atoms with Gasteiger partial charge in [-0.15, -0.1) is 0 Å². The molecule has 0 heterocycles. The van der Waals surface area contributed by atoms with Gasteiger partial charge in [-0.2, -0.15) is 0 Å². The molecule has 1 aromatic carbocycles. The Morgan fingerprint density at radius 2 is 2.25 bits per heavy atom. The predicted molar refractivity (Wildman–Crippen MR) is 60.8 cm³/mol. The maximum absolute atomic E-state index is 10.5. The maximum atomic E-state index is 10.5. The fourth-order valence-electron chi connectivity index (χ4n) is 1.34. The van der Waals surface area contributed by atoms with Gasteiger partial charge in [-0.3, -0.25) is 0 Å². The van der Waals surface area contributed by atoms with Gasteiger partial charge in [-0.25, -0.2) is 4.79 Å². The Labute approximate surface area is 97.8 Å². The zero-order valence-electron chi connectivity index (χ0n) is 8.48. The van der Waals surface area contributed by atoms with Gasteiger partial charge in [0, 0.05) is 17.6 Å². The Bertz CT molecular complexity index is 384. The molecular weight excluding hydrogens is 232 g/mol. The highest BCUT2D eigenvalue weighted by Crippen LogP contribution is 2.22. The minimum Gasteiger partial charge on any atom is -0.508 e. The van der Waals surface area contributed by atoms with Gasteiger partial charge < -0.3 is 21.3 Å². The Balaban J connectivity index is 2.73. The van der Waals surface area contributed by atoms with Crippen LogP contribution in [0.5, 0.6) is 5.75 Å². The number of carboxylic acid groups (broad SMARTS) is 1. The van der Waals surface area contributed by atoms with Gasteiger partial charge in [0.05, 0.1) is 0 Å². The molecule has 0 unspecified atom stereocenters. The van der Waals surface area contributed by atoms with Crippen LogP contribution in [0.25, 0.3) is 0 Å². The summed E-state index contributed by atoms with van der Waals surface area (Å²) in [5.74, 6) is 0.0734. The van der Waals surface area contributed by atoms with Crippen molar-refractivity contribution in [3.8, 4) is 5.75 Å². The summed E-state index contributed by atoms with van der Waals surface area (Å²) >= 11 is 5.89. The number of benzene rings is 1. The van der Waals surface area contributed by atoms with E-state index in [1.165, 1.54) is 12.1 Å². The summed E-state index contributed by atoms with van der Waals surface area (Å²) in [6.45, 7) is 0.184. The maximum Gasteiger partial charge on any atom is 0.404 e. The van der Waals surface area contributed by atoms with Crippen molar-refractivity contribution in [1.29, 1.82) is 0 Å². The zero-order valence-corrected chi connectivity index (χ0v) is 9.24. The normalized spacial score (nSPS) is 12.1. The Morgan fingerprint density at radius 3 is 2.75 bits per heavy atom. The summed E-state index contributed by atoms with van der Waals surface area (Å²) in [4.78, 5) is 10.5. The quantitative estimate of drug-likeness (QED) is 0.640. The fourth-order valence-corrected chi connectivity index (χ4v) is 1.59. The Kier molecular flexibility index (Phi) is 4.39. The van der Waals surface area contributed by atoms with Crippen LogP contribution >= 0.6 is 11.6 Å². The van der Waals surface area contributed by atoms with Crippen molar-refractivity contribution in [1.82, 2.24) is 5.32 Å². The summed E-state index contributed by atoms with van der Waals surface area (Å²) in [6, 6.07) is 4.16. The standard InChI is InChI=1S/C10H13ClN2O3/c11-9-4-8(14)2-1-6(9)3-7(5-12)13-10(15)16/h1-2,4,7,13-14H,3,5,12H2,(H,15,16)/t7-/m0/s1. The van der Waals surface area contributed by atoms with Gasteiger partial charge in [-0.05, 0) is 24.1 Å². The van der Waals surface area contributed by atoms with Crippen molar-refractivity contribution >= 4 is 17.7 Å². The van der Waals surface area contributed by atoms with E-state index in [0.717, 1.165) is 5.56 Å². The molecule has 0 fully saturated rings. The first kappa shape index (κ1) is 12.6. The highest BCUT2D eigenvalue weighted by Gasteiger charge is 2.12. The van der Waals surface area contributed by atoms with Crippen molar-refractivity contribution < 1.29 is 15.0 Å². The number of rotatable bonds is 4. The summed E-state index contributed by atoms with van der Waals surface area (Å²) in [5, 5.41) is 20.4. The molecule has 6 heteroatoms. The SMILES string of the molecule is NC[C@H](Cc1ccc(O)cc1Cl)NC(=O)O. The number of nitrogens with two attached hydrogens (primary N) is 1. The van der Waals surface area contributed by atoms with Crippen molar-refractivity contribution in [2.45, 2.75) is 12.5 Å². The second kappa shape index (κ2) is 5.58. The van der Waals surface area contributed by atoms with E-state index in [0.29, 0.717) is 11.4 Å². The lowest BCUT2D eigenvalue weighted by Gasteiger charge is -2.15. The summed E-state index contributed by atoms with van der Waals surface area (Å²) in [6.07, 6.45) is -0.729. The highest BCUT2D eigenvalue weighted by atomic mass is 35.5. The van der Waals surface area contributed by atoms with Crippen LogP contribution < -0.4 is 11.1 Å². The number of phenols is 1. The van der Waals surface area contributed by atoms with Crippen LogP contribution in [0.15, 0.2) is 18.2 Å². The van der Waals surface area contributed by atoms with Crippen molar-refractivity contribution in [3.63, 3.8) is 0 Å².